The van der Waals surface area contributed by atoms with E-state index >= 15 is 0 Å². The molecule has 0 atom stereocenters. The summed E-state index contributed by atoms with van der Waals surface area (Å²) in [6, 6.07) is 7.21. The summed E-state index contributed by atoms with van der Waals surface area (Å²) in [5, 5.41) is 5.68. The summed E-state index contributed by atoms with van der Waals surface area (Å²) in [5.74, 6) is -1.78. The second-order valence-electron chi connectivity index (χ2n) is 5.62. The fourth-order valence-corrected chi connectivity index (χ4v) is 2.56. The third-order valence-corrected chi connectivity index (χ3v) is 3.54. The van der Waals surface area contributed by atoms with Crippen LogP contribution in [0.4, 0.5) is 20.2 Å². The average Bonchev–Trinajstić information content (AvgIpc) is 2.44. The van der Waals surface area contributed by atoms with E-state index < -0.39 is 11.6 Å². The van der Waals surface area contributed by atoms with E-state index in [4.69, 9.17) is 0 Å². The van der Waals surface area contributed by atoms with Crippen molar-refractivity contribution in [3.63, 3.8) is 0 Å². The minimum Gasteiger partial charge on any atom is -0.384 e. The summed E-state index contributed by atoms with van der Waals surface area (Å²) in [6.07, 6.45) is 0.184. The standard InChI is InChI=1S/C18H20F2N2O/c1-11-8-12(2)18(13(3)9-11)21-7-6-17(23)22-16-5-4-14(19)10-15(16)20/h4-5,8-10,21H,6-7H2,1-3H3,(H,22,23). The first kappa shape index (κ1) is 16.9. The molecule has 0 aromatic heterocycles. The zero-order valence-electron chi connectivity index (χ0n) is 13.5. The SMILES string of the molecule is Cc1cc(C)c(NCCC(=O)Nc2ccc(F)cc2F)c(C)c1. The summed E-state index contributed by atoms with van der Waals surface area (Å²) in [5.41, 5.74) is 4.42. The zero-order chi connectivity index (χ0) is 17.0. The van der Waals surface area contributed by atoms with Crippen molar-refractivity contribution in [1.29, 1.82) is 0 Å². The molecular weight excluding hydrogens is 298 g/mol. The number of aryl methyl sites for hydroxylation is 3. The van der Waals surface area contributed by atoms with E-state index in [0.717, 1.165) is 28.9 Å². The van der Waals surface area contributed by atoms with Crippen LogP contribution in [0.1, 0.15) is 23.1 Å². The largest absolute Gasteiger partial charge is 0.384 e. The molecule has 2 rings (SSSR count). The van der Waals surface area contributed by atoms with Crippen molar-refractivity contribution in [3.8, 4) is 0 Å². The van der Waals surface area contributed by atoms with E-state index in [9.17, 15) is 13.6 Å². The van der Waals surface area contributed by atoms with Gasteiger partial charge >= 0.3 is 0 Å². The van der Waals surface area contributed by atoms with Crippen molar-refractivity contribution in [2.75, 3.05) is 17.2 Å². The van der Waals surface area contributed by atoms with Gasteiger partial charge in [0.15, 0.2) is 0 Å². The summed E-state index contributed by atoms with van der Waals surface area (Å²) >= 11 is 0. The molecule has 23 heavy (non-hydrogen) atoms. The Hall–Kier alpha value is -2.43. The Morgan fingerprint density at radius 2 is 1.70 bits per heavy atom. The number of nitrogens with one attached hydrogen (secondary N) is 2. The van der Waals surface area contributed by atoms with Crippen LogP contribution in [0, 0.1) is 32.4 Å². The molecule has 0 saturated carbocycles. The lowest BCUT2D eigenvalue weighted by atomic mass is 10.1. The monoisotopic (exact) mass is 318 g/mol. The fourth-order valence-electron chi connectivity index (χ4n) is 2.56. The smallest absolute Gasteiger partial charge is 0.226 e. The molecule has 122 valence electrons. The van der Waals surface area contributed by atoms with Crippen LogP contribution in [-0.4, -0.2) is 12.5 Å². The molecule has 0 radical (unpaired) electrons. The first-order chi connectivity index (χ1) is 10.9. The molecule has 2 aromatic carbocycles. The molecule has 5 heteroatoms. The molecule has 0 aliphatic carbocycles. The van der Waals surface area contributed by atoms with E-state index in [-0.39, 0.29) is 18.0 Å². The molecule has 0 spiro atoms. The third kappa shape index (κ3) is 4.52. The maximum atomic E-state index is 13.5. The van der Waals surface area contributed by atoms with Crippen LogP contribution >= 0.6 is 0 Å². The van der Waals surface area contributed by atoms with Crippen LogP contribution in [0.2, 0.25) is 0 Å². The summed E-state index contributed by atoms with van der Waals surface area (Å²) < 4.78 is 26.3. The number of hydrogen-bond acceptors (Lipinski definition) is 2. The zero-order valence-corrected chi connectivity index (χ0v) is 13.5. The van der Waals surface area contributed by atoms with Crippen molar-refractivity contribution >= 4 is 17.3 Å². The van der Waals surface area contributed by atoms with E-state index in [1.165, 1.54) is 11.6 Å². The highest BCUT2D eigenvalue weighted by molar-refractivity contribution is 5.91. The number of rotatable bonds is 5. The first-order valence-electron chi connectivity index (χ1n) is 7.43. The Balaban J connectivity index is 1.90. The van der Waals surface area contributed by atoms with E-state index in [1.807, 2.05) is 20.8 Å². The normalized spacial score (nSPS) is 10.5. The number of benzene rings is 2. The molecule has 0 bridgehead atoms. The Labute approximate surface area is 134 Å². The maximum Gasteiger partial charge on any atom is 0.226 e. The summed E-state index contributed by atoms with van der Waals surface area (Å²) in [7, 11) is 0. The number of hydrogen-bond donors (Lipinski definition) is 2. The lowest BCUT2D eigenvalue weighted by Gasteiger charge is -2.14. The second kappa shape index (κ2) is 7.22. The third-order valence-electron chi connectivity index (χ3n) is 3.54. The highest BCUT2D eigenvalue weighted by Gasteiger charge is 2.09. The van der Waals surface area contributed by atoms with Gasteiger partial charge in [-0.2, -0.15) is 0 Å². The molecule has 1 amide bonds. The Kier molecular flexibility index (Phi) is 5.32. The quantitative estimate of drug-likeness (QED) is 0.861. The number of anilines is 2. The predicted molar refractivity (Wildman–Crippen MR) is 88.7 cm³/mol. The van der Waals surface area contributed by atoms with Gasteiger partial charge in [-0.15, -0.1) is 0 Å². The van der Waals surface area contributed by atoms with Gasteiger partial charge in [-0.3, -0.25) is 4.79 Å². The first-order valence-corrected chi connectivity index (χ1v) is 7.43. The van der Waals surface area contributed by atoms with Crippen molar-refractivity contribution in [1.82, 2.24) is 0 Å². The van der Waals surface area contributed by atoms with Crippen molar-refractivity contribution < 1.29 is 13.6 Å². The lowest BCUT2D eigenvalue weighted by molar-refractivity contribution is -0.116. The average molecular weight is 318 g/mol. The van der Waals surface area contributed by atoms with Gasteiger partial charge in [0.2, 0.25) is 5.91 Å². The minimum absolute atomic E-state index is 0.0147. The number of amides is 1. The number of carbonyl (C=O) groups is 1. The predicted octanol–water partition coefficient (Wildman–Crippen LogP) is 4.33. The number of halogens is 2. The van der Waals surface area contributed by atoms with Crippen LogP contribution in [0.15, 0.2) is 30.3 Å². The van der Waals surface area contributed by atoms with Crippen LogP contribution in [0.25, 0.3) is 0 Å². The van der Waals surface area contributed by atoms with Crippen LogP contribution in [0.3, 0.4) is 0 Å². The van der Waals surface area contributed by atoms with Crippen LogP contribution in [-0.2, 0) is 4.79 Å². The molecule has 0 aliphatic rings. The fraction of sp³-hybridized carbons (Fsp3) is 0.278. The molecule has 0 heterocycles. The molecular formula is C18H20F2N2O. The van der Waals surface area contributed by atoms with Gasteiger partial charge in [-0.05, 0) is 44.0 Å². The topological polar surface area (TPSA) is 41.1 Å². The Morgan fingerprint density at radius 1 is 1.04 bits per heavy atom. The van der Waals surface area contributed by atoms with Gasteiger partial charge in [0.1, 0.15) is 11.6 Å². The van der Waals surface area contributed by atoms with Gasteiger partial charge < -0.3 is 10.6 Å². The van der Waals surface area contributed by atoms with E-state index in [0.29, 0.717) is 6.54 Å². The van der Waals surface area contributed by atoms with E-state index in [1.54, 1.807) is 0 Å². The number of carbonyl (C=O) groups excluding carboxylic acids is 1. The second-order valence-corrected chi connectivity index (χ2v) is 5.62. The molecule has 0 fully saturated rings. The van der Waals surface area contributed by atoms with Gasteiger partial charge in [0, 0.05) is 24.7 Å². The summed E-state index contributed by atoms with van der Waals surface area (Å²) in [6.45, 7) is 6.49. The van der Waals surface area contributed by atoms with Gasteiger partial charge in [-0.25, -0.2) is 8.78 Å². The summed E-state index contributed by atoms with van der Waals surface area (Å²) in [4.78, 5) is 11.9. The van der Waals surface area contributed by atoms with Gasteiger partial charge in [0.25, 0.3) is 0 Å². The van der Waals surface area contributed by atoms with Crippen molar-refractivity contribution in [3.05, 3.63) is 58.7 Å². The van der Waals surface area contributed by atoms with Crippen molar-refractivity contribution in [2.24, 2.45) is 0 Å². The molecule has 3 nitrogen and oxygen atoms in total. The molecule has 2 N–H and O–H groups in total. The Morgan fingerprint density at radius 3 is 2.30 bits per heavy atom. The van der Waals surface area contributed by atoms with Crippen LogP contribution in [0.5, 0.6) is 0 Å². The van der Waals surface area contributed by atoms with E-state index in [2.05, 4.69) is 22.8 Å². The molecule has 2 aromatic rings. The minimum atomic E-state index is -0.781. The van der Waals surface area contributed by atoms with Crippen LogP contribution < -0.4 is 10.6 Å². The van der Waals surface area contributed by atoms with Gasteiger partial charge in [-0.1, -0.05) is 17.7 Å². The molecule has 0 saturated heterocycles. The molecule has 0 unspecified atom stereocenters. The Bertz CT molecular complexity index is 706. The van der Waals surface area contributed by atoms with Gasteiger partial charge in [0.05, 0.1) is 5.69 Å². The van der Waals surface area contributed by atoms with Crippen molar-refractivity contribution in [2.45, 2.75) is 27.2 Å². The lowest BCUT2D eigenvalue weighted by Crippen LogP contribution is -2.17. The maximum absolute atomic E-state index is 13.5. The molecule has 0 aliphatic heterocycles. The highest BCUT2D eigenvalue weighted by atomic mass is 19.1. The highest BCUT2D eigenvalue weighted by Crippen LogP contribution is 2.22.